The molecule has 0 spiro atoms. The summed E-state index contributed by atoms with van der Waals surface area (Å²) in [6, 6.07) is 0. The number of nitrogens with one attached hydrogen (secondary N) is 2. The van der Waals surface area contributed by atoms with Crippen LogP contribution in [0.1, 0.15) is 12.8 Å². The third-order valence-corrected chi connectivity index (χ3v) is 1.71. The zero-order valence-electron chi connectivity index (χ0n) is 4.91. The smallest absolute Gasteiger partial charge is 0.0684 e. The molecule has 1 saturated carbocycles. The van der Waals surface area contributed by atoms with E-state index in [2.05, 4.69) is 10.6 Å². The van der Waals surface area contributed by atoms with E-state index >= 15 is 0 Å². The first-order valence-electron chi connectivity index (χ1n) is 2.71. The summed E-state index contributed by atoms with van der Waals surface area (Å²) in [5.41, 5.74) is 0.333. The monoisotopic (exact) mass is 100 g/mol. The summed E-state index contributed by atoms with van der Waals surface area (Å²) in [7, 11) is 3.98. The molecule has 0 aliphatic heterocycles. The van der Waals surface area contributed by atoms with Gasteiger partial charge in [0, 0.05) is 0 Å². The predicted octanol–water partition coefficient (Wildman–Crippen LogP) is -0.0847. The van der Waals surface area contributed by atoms with Crippen LogP contribution in [0.4, 0.5) is 0 Å². The van der Waals surface area contributed by atoms with E-state index in [-0.39, 0.29) is 0 Å². The molecule has 0 heterocycles. The summed E-state index contributed by atoms with van der Waals surface area (Å²) in [5, 5.41) is 6.38. The standard InChI is InChI=1S/C5H12N2/c1-6-5(7-2)3-4-5/h6-7H,3-4H2,1-2H3. The van der Waals surface area contributed by atoms with Gasteiger partial charge in [0.25, 0.3) is 0 Å². The fraction of sp³-hybridized carbons (Fsp3) is 1.00. The molecular formula is C5H12N2. The van der Waals surface area contributed by atoms with Crippen molar-refractivity contribution in [2.75, 3.05) is 14.1 Å². The van der Waals surface area contributed by atoms with E-state index in [1.807, 2.05) is 14.1 Å². The highest BCUT2D eigenvalue weighted by atomic mass is 15.2. The van der Waals surface area contributed by atoms with Crippen LogP contribution in [0.2, 0.25) is 0 Å². The van der Waals surface area contributed by atoms with Gasteiger partial charge in [0.15, 0.2) is 0 Å². The van der Waals surface area contributed by atoms with Crippen LogP contribution in [0.3, 0.4) is 0 Å². The van der Waals surface area contributed by atoms with E-state index in [1.54, 1.807) is 0 Å². The molecule has 7 heavy (non-hydrogen) atoms. The molecule has 0 atom stereocenters. The van der Waals surface area contributed by atoms with Gasteiger partial charge in [-0.2, -0.15) is 0 Å². The zero-order valence-corrected chi connectivity index (χ0v) is 4.91. The largest absolute Gasteiger partial charge is 0.302 e. The fourth-order valence-corrected chi connectivity index (χ4v) is 0.750. The molecule has 0 aromatic carbocycles. The van der Waals surface area contributed by atoms with Crippen molar-refractivity contribution < 1.29 is 0 Å². The number of hydrogen-bond acceptors (Lipinski definition) is 2. The second kappa shape index (κ2) is 1.46. The first-order chi connectivity index (χ1) is 3.33. The Kier molecular flexibility index (Phi) is 1.05. The van der Waals surface area contributed by atoms with E-state index in [4.69, 9.17) is 0 Å². The summed E-state index contributed by atoms with van der Waals surface area (Å²) < 4.78 is 0. The maximum absolute atomic E-state index is 3.19. The van der Waals surface area contributed by atoms with Crippen LogP contribution in [0, 0.1) is 0 Å². The summed E-state index contributed by atoms with van der Waals surface area (Å²) in [6.45, 7) is 0. The van der Waals surface area contributed by atoms with Crippen molar-refractivity contribution >= 4 is 0 Å². The second-order valence-electron chi connectivity index (χ2n) is 2.08. The Morgan fingerprint density at radius 3 is 1.57 bits per heavy atom. The Balaban J connectivity index is 2.28. The maximum atomic E-state index is 3.19. The molecule has 0 aromatic rings. The van der Waals surface area contributed by atoms with Gasteiger partial charge in [-0.1, -0.05) is 0 Å². The Morgan fingerprint density at radius 1 is 1.14 bits per heavy atom. The molecule has 2 N–H and O–H groups in total. The normalized spacial score (nSPS) is 24.9. The van der Waals surface area contributed by atoms with E-state index in [1.165, 1.54) is 12.8 Å². The zero-order chi connectivity index (χ0) is 5.33. The van der Waals surface area contributed by atoms with Gasteiger partial charge in [0.2, 0.25) is 0 Å². The maximum Gasteiger partial charge on any atom is 0.0684 e. The van der Waals surface area contributed by atoms with Crippen LogP contribution in [0.15, 0.2) is 0 Å². The van der Waals surface area contributed by atoms with Crippen LogP contribution in [-0.4, -0.2) is 19.8 Å². The summed E-state index contributed by atoms with van der Waals surface area (Å²) in [4.78, 5) is 0. The predicted molar refractivity (Wildman–Crippen MR) is 30.1 cm³/mol. The lowest BCUT2D eigenvalue weighted by Gasteiger charge is -2.10. The van der Waals surface area contributed by atoms with Crippen LogP contribution < -0.4 is 10.6 Å². The molecule has 1 aliphatic carbocycles. The van der Waals surface area contributed by atoms with Crippen LogP contribution in [-0.2, 0) is 0 Å². The molecule has 1 aliphatic rings. The second-order valence-corrected chi connectivity index (χ2v) is 2.08. The molecule has 0 aromatic heterocycles. The molecule has 1 fully saturated rings. The average molecular weight is 100 g/mol. The van der Waals surface area contributed by atoms with Gasteiger partial charge >= 0.3 is 0 Å². The molecule has 0 unspecified atom stereocenters. The van der Waals surface area contributed by atoms with Crippen molar-refractivity contribution in [1.29, 1.82) is 0 Å². The molecule has 1 rings (SSSR count). The van der Waals surface area contributed by atoms with E-state index in [9.17, 15) is 0 Å². The van der Waals surface area contributed by atoms with Gasteiger partial charge in [-0.25, -0.2) is 0 Å². The van der Waals surface area contributed by atoms with Crippen molar-refractivity contribution in [1.82, 2.24) is 10.6 Å². The van der Waals surface area contributed by atoms with Crippen molar-refractivity contribution in [2.24, 2.45) is 0 Å². The van der Waals surface area contributed by atoms with Crippen molar-refractivity contribution in [3.8, 4) is 0 Å². The fourth-order valence-electron chi connectivity index (χ4n) is 0.750. The van der Waals surface area contributed by atoms with Crippen LogP contribution in [0.5, 0.6) is 0 Å². The van der Waals surface area contributed by atoms with Crippen molar-refractivity contribution in [3.05, 3.63) is 0 Å². The summed E-state index contributed by atoms with van der Waals surface area (Å²) in [6.07, 6.45) is 2.56. The highest BCUT2D eigenvalue weighted by molar-refractivity contribution is 4.96. The van der Waals surface area contributed by atoms with E-state index in [0.29, 0.717) is 5.66 Å². The lowest BCUT2D eigenvalue weighted by molar-refractivity contribution is 0.479. The van der Waals surface area contributed by atoms with Crippen molar-refractivity contribution in [3.63, 3.8) is 0 Å². The Labute approximate surface area is 44.3 Å². The van der Waals surface area contributed by atoms with Gasteiger partial charge in [-0.05, 0) is 26.9 Å². The van der Waals surface area contributed by atoms with E-state index in [0.717, 1.165) is 0 Å². The average Bonchev–Trinajstić information content (AvgIpc) is 2.46. The molecule has 2 heteroatoms. The van der Waals surface area contributed by atoms with Gasteiger partial charge < -0.3 is 10.6 Å². The Bertz CT molecular complexity index is 60.5. The lowest BCUT2D eigenvalue weighted by Crippen LogP contribution is -2.39. The Morgan fingerprint density at radius 2 is 1.57 bits per heavy atom. The summed E-state index contributed by atoms with van der Waals surface area (Å²) >= 11 is 0. The van der Waals surface area contributed by atoms with Crippen molar-refractivity contribution in [2.45, 2.75) is 18.5 Å². The minimum absolute atomic E-state index is 0.333. The SMILES string of the molecule is CNC1(NC)CC1. The van der Waals surface area contributed by atoms with Crippen LogP contribution >= 0.6 is 0 Å². The third kappa shape index (κ3) is 0.763. The third-order valence-electron chi connectivity index (χ3n) is 1.71. The molecule has 42 valence electrons. The lowest BCUT2D eigenvalue weighted by atomic mass is 10.5. The van der Waals surface area contributed by atoms with E-state index < -0.39 is 0 Å². The van der Waals surface area contributed by atoms with Gasteiger partial charge in [0.1, 0.15) is 0 Å². The molecule has 0 radical (unpaired) electrons. The van der Waals surface area contributed by atoms with Gasteiger partial charge in [0.05, 0.1) is 5.66 Å². The molecule has 0 amide bonds. The first-order valence-corrected chi connectivity index (χ1v) is 2.71. The number of rotatable bonds is 2. The molecule has 0 bridgehead atoms. The minimum Gasteiger partial charge on any atom is -0.302 e. The first kappa shape index (κ1) is 5.06. The minimum atomic E-state index is 0.333. The van der Waals surface area contributed by atoms with Gasteiger partial charge in [-0.3, -0.25) is 0 Å². The quantitative estimate of drug-likeness (QED) is 0.474. The summed E-state index contributed by atoms with van der Waals surface area (Å²) in [5.74, 6) is 0. The topological polar surface area (TPSA) is 24.1 Å². The molecular weight excluding hydrogens is 88.1 g/mol. The molecule has 2 nitrogen and oxygen atoms in total. The molecule has 0 saturated heterocycles. The number of hydrogen-bond donors (Lipinski definition) is 2. The van der Waals surface area contributed by atoms with Gasteiger partial charge in [-0.15, -0.1) is 0 Å². The highest BCUT2D eigenvalue weighted by Gasteiger charge is 2.38. The van der Waals surface area contributed by atoms with Crippen LogP contribution in [0.25, 0.3) is 0 Å². The highest BCUT2D eigenvalue weighted by Crippen LogP contribution is 2.30. The Hall–Kier alpha value is -0.0800.